The monoisotopic (exact) mass is 621 g/mol. The van der Waals surface area contributed by atoms with Crippen LogP contribution in [0.1, 0.15) is 59.4 Å². The van der Waals surface area contributed by atoms with E-state index in [4.69, 9.17) is 29.7 Å². The first-order valence-corrected chi connectivity index (χ1v) is 15.8. The summed E-state index contributed by atoms with van der Waals surface area (Å²) in [5, 5.41) is 12.5. The SMILES string of the molecule is CCC(Oc1ccc(OC)cc1)C(=O)Nc1ccc(-c2nc3n(n2)N=C(C(C)(C)C)/C3=N/c2ccc(N(CC)CC)cc2C)cc1. The largest absolute Gasteiger partial charge is 0.497 e. The molecule has 0 saturated heterocycles. The number of carbonyl (C=O) groups is 1. The number of methoxy groups -OCH3 is 1. The second-order valence-corrected chi connectivity index (χ2v) is 12.2. The first kappa shape index (κ1) is 32.4. The number of aliphatic imine (C=N–C) groups is 1. The summed E-state index contributed by atoms with van der Waals surface area (Å²) in [5.74, 6) is 2.23. The van der Waals surface area contributed by atoms with Gasteiger partial charge in [0.2, 0.25) is 5.82 Å². The Balaban J connectivity index is 1.35. The van der Waals surface area contributed by atoms with Gasteiger partial charge in [-0.05, 0) is 99.5 Å². The molecular weight excluding hydrogens is 578 g/mol. The van der Waals surface area contributed by atoms with E-state index in [2.05, 4.69) is 70.0 Å². The third-order valence-electron chi connectivity index (χ3n) is 7.88. The Morgan fingerprint density at radius 1 is 0.978 bits per heavy atom. The number of ether oxygens (including phenoxy) is 2. The van der Waals surface area contributed by atoms with Crippen molar-refractivity contribution in [3.05, 3.63) is 78.1 Å². The van der Waals surface area contributed by atoms with Gasteiger partial charge in [-0.3, -0.25) is 4.79 Å². The van der Waals surface area contributed by atoms with E-state index in [1.54, 1.807) is 36.2 Å². The van der Waals surface area contributed by atoms with Crippen molar-refractivity contribution in [1.29, 1.82) is 0 Å². The van der Waals surface area contributed by atoms with Gasteiger partial charge in [0.25, 0.3) is 5.91 Å². The molecule has 0 spiro atoms. The van der Waals surface area contributed by atoms with Crippen LogP contribution in [-0.4, -0.2) is 58.5 Å². The molecule has 0 aliphatic carbocycles. The second kappa shape index (κ2) is 13.6. The van der Waals surface area contributed by atoms with Crippen LogP contribution in [0.3, 0.4) is 0 Å². The lowest BCUT2D eigenvalue weighted by atomic mass is 9.87. The molecule has 1 unspecified atom stereocenters. The molecule has 4 aromatic rings. The normalized spacial score (nSPS) is 14.1. The predicted molar refractivity (Wildman–Crippen MR) is 185 cm³/mol. The highest BCUT2D eigenvalue weighted by Crippen LogP contribution is 2.31. The van der Waals surface area contributed by atoms with Gasteiger partial charge in [-0.25, -0.2) is 9.98 Å². The summed E-state index contributed by atoms with van der Waals surface area (Å²) in [6.07, 6.45) is -0.129. The summed E-state index contributed by atoms with van der Waals surface area (Å²) >= 11 is 0. The average Bonchev–Trinajstić information content (AvgIpc) is 3.61. The number of carbonyl (C=O) groups excluding carboxylic acids is 1. The van der Waals surface area contributed by atoms with Crippen LogP contribution in [0.2, 0.25) is 0 Å². The highest BCUT2D eigenvalue weighted by atomic mass is 16.5. The Morgan fingerprint density at radius 3 is 2.24 bits per heavy atom. The van der Waals surface area contributed by atoms with Crippen molar-refractivity contribution in [3.8, 4) is 22.9 Å². The van der Waals surface area contributed by atoms with Crippen molar-refractivity contribution in [2.75, 3.05) is 30.4 Å². The summed E-state index contributed by atoms with van der Waals surface area (Å²) in [6, 6.07) is 21.0. The second-order valence-electron chi connectivity index (χ2n) is 12.2. The van der Waals surface area contributed by atoms with Crippen LogP contribution in [0, 0.1) is 12.3 Å². The number of hydrogen-bond acceptors (Lipinski definition) is 8. The van der Waals surface area contributed by atoms with Crippen LogP contribution in [0.4, 0.5) is 17.1 Å². The molecule has 1 aliphatic rings. The van der Waals surface area contributed by atoms with Gasteiger partial charge in [-0.2, -0.15) is 5.10 Å². The number of nitrogens with one attached hydrogen (secondary N) is 1. The summed E-state index contributed by atoms with van der Waals surface area (Å²) in [6.45, 7) is 16.6. The summed E-state index contributed by atoms with van der Waals surface area (Å²) in [7, 11) is 1.61. The number of fused-ring (bicyclic) bond motifs is 1. The molecule has 0 saturated carbocycles. The van der Waals surface area contributed by atoms with Gasteiger partial charge in [0.1, 0.15) is 17.2 Å². The molecule has 240 valence electrons. The van der Waals surface area contributed by atoms with E-state index in [1.165, 1.54) is 5.69 Å². The first-order chi connectivity index (χ1) is 22.0. The third-order valence-corrected chi connectivity index (χ3v) is 7.88. The van der Waals surface area contributed by atoms with Crippen molar-refractivity contribution >= 4 is 34.4 Å². The number of hydrogen-bond donors (Lipinski definition) is 1. The molecule has 1 aromatic heterocycles. The van der Waals surface area contributed by atoms with Gasteiger partial charge >= 0.3 is 0 Å². The Bertz CT molecular complexity index is 1750. The Morgan fingerprint density at radius 2 is 1.65 bits per heavy atom. The fourth-order valence-electron chi connectivity index (χ4n) is 5.24. The minimum atomic E-state index is -0.643. The van der Waals surface area contributed by atoms with Crippen LogP contribution in [0.5, 0.6) is 11.5 Å². The zero-order valence-corrected chi connectivity index (χ0v) is 28.0. The van der Waals surface area contributed by atoms with Crippen LogP contribution in [0.15, 0.2) is 76.8 Å². The van der Waals surface area contributed by atoms with Gasteiger partial charge in [-0.1, -0.05) is 27.7 Å². The summed E-state index contributed by atoms with van der Waals surface area (Å²) in [5.41, 5.74) is 5.89. The van der Waals surface area contributed by atoms with E-state index in [-0.39, 0.29) is 11.3 Å². The van der Waals surface area contributed by atoms with Crippen molar-refractivity contribution in [2.24, 2.45) is 15.5 Å². The van der Waals surface area contributed by atoms with Gasteiger partial charge < -0.3 is 19.7 Å². The number of nitrogens with zero attached hydrogens (tertiary/aromatic N) is 6. The maximum absolute atomic E-state index is 13.0. The average molecular weight is 622 g/mol. The van der Waals surface area contributed by atoms with Crippen LogP contribution >= 0.6 is 0 Å². The summed E-state index contributed by atoms with van der Waals surface area (Å²) in [4.78, 5) is 26.9. The van der Waals surface area contributed by atoms with E-state index in [0.717, 1.165) is 47.1 Å². The van der Waals surface area contributed by atoms with E-state index in [9.17, 15) is 4.79 Å². The lowest BCUT2D eigenvalue weighted by Crippen LogP contribution is -2.32. The number of aromatic nitrogens is 3. The molecule has 2 heterocycles. The van der Waals surface area contributed by atoms with Crippen LogP contribution in [0.25, 0.3) is 11.4 Å². The first-order valence-electron chi connectivity index (χ1n) is 15.8. The van der Waals surface area contributed by atoms with E-state index < -0.39 is 6.10 Å². The Kier molecular flexibility index (Phi) is 9.55. The van der Waals surface area contributed by atoms with Crippen molar-refractivity contribution < 1.29 is 14.3 Å². The Labute approximate surface area is 271 Å². The third kappa shape index (κ3) is 6.96. The van der Waals surface area contributed by atoms with Crippen molar-refractivity contribution in [3.63, 3.8) is 0 Å². The molecule has 0 radical (unpaired) electrons. The van der Waals surface area contributed by atoms with Gasteiger partial charge in [0.05, 0.1) is 18.5 Å². The number of anilines is 2. The van der Waals surface area contributed by atoms with Crippen molar-refractivity contribution in [1.82, 2.24) is 14.9 Å². The van der Waals surface area contributed by atoms with Gasteiger partial charge in [0, 0.05) is 35.4 Å². The van der Waals surface area contributed by atoms with Gasteiger partial charge in [0.15, 0.2) is 11.9 Å². The molecular formula is C36H43N7O3. The molecule has 1 amide bonds. The zero-order valence-electron chi connectivity index (χ0n) is 28.0. The van der Waals surface area contributed by atoms with E-state index >= 15 is 0 Å². The summed E-state index contributed by atoms with van der Waals surface area (Å²) < 4.78 is 11.1. The number of benzene rings is 3. The maximum atomic E-state index is 13.0. The smallest absolute Gasteiger partial charge is 0.265 e. The molecule has 3 aromatic carbocycles. The minimum Gasteiger partial charge on any atom is -0.497 e. The number of aryl methyl sites for hydroxylation is 1. The highest BCUT2D eigenvalue weighted by molar-refractivity contribution is 6.50. The molecule has 0 bridgehead atoms. The molecule has 0 fully saturated rings. The molecule has 10 heteroatoms. The highest BCUT2D eigenvalue weighted by Gasteiger charge is 2.35. The molecule has 1 aliphatic heterocycles. The maximum Gasteiger partial charge on any atom is 0.265 e. The molecule has 5 rings (SSSR count). The van der Waals surface area contributed by atoms with Gasteiger partial charge in [-0.15, -0.1) is 9.89 Å². The van der Waals surface area contributed by atoms with Crippen LogP contribution < -0.4 is 19.7 Å². The Hall–Kier alpha value is -4.99. The standard InChI is InChI=1S/C36H43N7O3/c1-9-30(46-28-19-17-27(45-8)18-20-28)35(44)37-25-14-12-24(13-15-25)33-39-34-31(32(36(5,6)7)40-43(34)41-33)38-29-21-16-26(22-23(29)4)42(10-2)11-3/h12-22,30H,9-11H2,1-8H3,(H,37,44)/b38-31-. The fourth-order valence-corrected chi connectivity index (χ4v) is 5.24. The number of rotatable bonds is 11. The lowest BCUT2D eigenvalue weighted by Gasteiger charge is -2.22. The predicted octanol–water partition coefficient (Wildman–Crippen LogP) is 7.29. The topological polar surface area (TPSA) is 106 Å². The quantitative estimate of drug-likeness (QED) is 0.189. The minimum absolute atomic E-state index is 0.226. The lowest BCUT2D eigenvalue weighted by molar-refractivity contribution is -0.122. The van der Waals surface area contributed by atoms with E-state index in [1.807, 2.05) is 31.2 Å². The molecule has 46 heavy (non-hydrogen) atoms. The molecule has 10 nitrogen and oxygen atoms in total. The van der Waals surface area contributed by atoms with E-state index in [0.29, 0.717) is 29.5 Å². The number of amides is 1. The van der Waals surface area contributed by atoms with Crippen LogP contribution in [-0.2, 0) is 4.79 Å². The molecule has 1 atom stereocenters. The molecule has 1 N–H and O–H groups in total. The zero-order chi connectivity index (χ0) is 33.0. The fraction of sp³-hybridized carbons (Fsp3) is 0.361. The van der Waals surface area contributed by atoms with Crippen molar-refractivity contribution in [2.45, 2.75) is 61.0 Å².